The molecule has 5 heterocycles. The van der Waals surface area contributed by atoms with Crippen molar-refractivity contribution in [3.05, 3.63) is 83.7 Å². The first-order valence-electron chi connectivity index (χ1n) is 11.8. The van der Waals surface area contributed by atoms with Gasteiger partial charge in [-0.15, -0.1) is 0 Å². The number of carbonyl (C=O) groups is 1. The predicted molar refractivity (Wildman–Crippen MR) is 134 cm³/mol. The lowest BCUT2D eigenvalue weighted by Gasteiger charge is -2.19. The summed E-state index contributed by atoms with van der Waals surface area (Å²) in [7, 11) is 0. The fourth-order valence-corrected chi connectivity index (χ4v) is 4.41. The molecule has 196 valence electrons. The third-order valence-corrected chi connectivity index (χ3v) is 6.25. The first kappa shape index (κ1) is 24.3. The van der Waals surface area contributed by atoms with Gasteiger partial charge in [0.1, 0.15) is 29.3 Å². The van der Waals surface area contributed by atoms with Crippen molar-refractivity contribution in [1.82, 2.24) is 24.7 Å². The SMILES string of the molecule is Cc1ccc(NC(=O)c2cc(C(F)(F)F)ccn2)cc1-c1cc2cnc(=Nc3cnoc3)nc-2n2c1NCC2. The number of hydrogen-bond acceptors (Lipinski definition) is 8. The monoisotopic (exact) mass is 532 g/mol. The normalized spacial score (nSPS) is 13.4. The Kier molecular flexibility index (Phi) is 5.82. The van der Waals surface area contributed by atoms with Crippen molar-refractivity contribution in [1.29, 1.82) is 0 Å². The standard InChI is InChI=1S/C26H19F3N8O2/c1-14-2-3-17(34-24(38)21-9-16(4-5-30-21)26(27,28)29)10-19(14)20-8-15-11-32-25(35-18-12-33-39-13-18)36-22(15)37-7-6-31-23(20)37/h2-5,8-13,31H,6-7H2,1H3,(H,34,38). The average molecular weight is 532 g/mol. The molecule has 0 spiro atoms. The summed E-state index contributed by atoms with van der Waals surface area (Å²) in [6.45, 7) is 3.29. The molecule has 0 fully saturated rings. The summed E-state index contributed by atoms with van der Waals surface area (Å²) in [6, 6.07) is 8.79. The molecule has 3 aliphatic heterocycles. The number of hydrogen-bond donors (Lipinski definition) is 2. The molecule has 39 heavy (non-hydrogen) atoms. The van der Waals surface area contributed by atoms with Crippen LogP contribution in [0.5, 0.6) is 0 Å². The van der Waals surface area contributed by atoms with Crippen molar-refractivity contribution in [3.8, 4) is 22.5 Å². The highest BCUT2D eigenvalue weighted by atomic mass is 19.4. The molecule has 10 nitrogen and oxygen atoms in total. The highest BCUT2D eigenvalue weighted by Crippen LogP contribution is 2.39. The Morgan fingerprint density at radius 1 is 1.13 bits per heavy atom. The van der Waals surface area contributed by atoms with E-state index in [9.17, 15) is 18.0 Å². The molecular weight excluding hydrogens is 513 g/mol. The van der Waals surface area contributed by atoms with Gasteiger partial charge in [0, 0.05) is 42.3 Å². The molecule has 0 bridgehead atoms. The van der Waals surface area contributed by atoms with Crippen molar-refractivity contribution in [2.75, 3.05) is 17.2 Å². The molecule has 2 aromatic heterocycles. The molecule has 0 saturated carbocycles. The van der Waals surface area contributed by atoms with Crippen LogP contribution in [0.1, 0.15) is 21.6 Å². The molecule has 0 atom stereocenters. The Bertz CT molecular complexity index is 1750. The third-order valence-electron chi connectivity index (χ3n) is 6.25. The summed E-state index contributed by atoms with van der Waals surface area (Å²) in [5.41, 5.74) is 3.30. The Morgan fingerprint density at radius 3 is 2.79 bits per heavy atom. The zero-order valence-corrected chi connectivity index (χ0v) is 20.3. The van der Waals surface area contributed by atoms with Crippen molar-refractivity contribution < 1.29 is 22.5 Å². The van der Waals surface area contributed by atoms with Gasteiger partial charge in [0.05, 0.1) is 11.8 Å². The van der Waals surface area contributed by atoms with E-state index in [0.29, 0.717) is 30.3 Å². The number of pyridine rings is 2. The summed E-state index contributed by atoms with van der Waals surface area (Å²) in [4.78, 5) is 29.9. The summed E-state index contributed by atoms with van der Waals surface area (Å²) in [5.74, 6) is 0.787. The zero-order valence-electron chi connectivity index (χ0n) is 20.3. The maximum Gasteiger partial charge on any atom is 0.416 e. The summed E-state index contributed by atoms with van der Waals surface area (Å²) >= 11 is 0. The van der Waals surface area contributed by atoms with Crippen LogP contribution < -0.4 is 16.3 Å². The number of rotatable bonds is 4. The lowest BCUT2D eigenvalue weighted by molar-refractivity contribution is -0.137. The number of nitrogens with one attached hydrogen (secondary N) is 2. The average Bonchev–Trinajstić information content (AvgIpc) is 3.62. The minimum atomic E-state index is -4.58. The van der Waals surface area contributed by atoms with Crippen LogP contribution in [0.25, 0.3) is 22.5 Å². The highest BCUT2D eigenvalue weighted by Gasteiger charge is 2.31. The smallest absolute Gasteiger partial charge is 0.369 e. The summed E-state index contributed by atoms with van der Waals surface area (Å²) in [5, 5.41) is 9.70. The van der Waals surface area contributed by atoms with Gasteiger partial charge in [0.15, 0.2) is 0 Å². The fraction of sp³-hybridized carbons (Fsp3) is 0.154. The molecule has 2 N–H and O–H groups in total. The van der Waals surface area contributed by atoms with E-state index < -0.39 is 17.6 Å². The number of halogens is 3. The number of alkyl halides is 3. The quantitative estimate of drug-likeness (QED) is 0.345. The third kappa shape index (κ3) is 4.69. The Balaban J connectivity index is 1.38. The highest BCUT2D eigenvalue weighted by molar-refractivity contribution is 6.03. The number of aryl methyl sites for hydroxylation is 1. The van der Waals surface area contributed by atoms with Gasteiger partial charge < -0.3 is 19.7 Å². The maximum atomic E-state index is 13.1. The fourth-order valence-electron chi connectivity index (χ4n) is 4.41. The van der Waals surface area contributed by atoms with Crippen LogP contribution in [0.3, 0.4) is 0 Å². The van der Waals surface area contributed by atoms with Gasteiger partial charge in [-0.1, -0.05) is 11.2 Å². The van der Waals surface area contributed by atoms with Gasteiger partial charge in [-0.25, -0.2) is 9.98 Å². The molecule has 13 heteroatoms. The van der Waals surface area contributed by atoms with Crippen molar-refractivity contribution in [2.24, 2.45) is 4.99 Å². The maximum absolute atomic E-state index is 13.1. The second-order valence-electron chi connectivity index (χ2n) is 8.84. The minimum absolute atomic E-state index is 0.268. The van der Waals surface area contributed by atoms with E-state index in [4.69, 9.17) is 4.52 Å². The second-order valence-corrected chi connectivity index (χ2v) is 8.84. The van der Waals surface area contributed by atoms with Crippen molar-refractivity contribution in [3.63, 3.8) is 0 Å². The Hall–Kier alpha value is -5.07. The van der Waals surface area contributed by atoms with Crippen molar-refractivity contribution >= 4 is 23.1 Å². The molecule has 0 saturated heterocycles. The number of anilines is 2. The molecule has 1 amide bonds. The largest absolute Gasteiger partial charge is 0.416 e. The van der Waals surface area contributed by atoms with Gasteiger partial charge in [-0.2, -0.15) is 18.2 Å². The van der Waals surface area contributed by atoms with Gasteiger partial charge in [0.25, 0.3) is 11.5 Å². The van der Waals surface area contributed by atoms with Crippen LogP contribution in [-0.2, 0) is 12.7 Å². The van der Waals surface area contributed by atoms with Crippen LogP contribution >= 0.6 is 0 Å². The van der Waals surface area contributed by atoms with E-state index in [1.807, 2.05) is 23.6 Å². The van der Waals surface area contributed by atoms with Crippen LogP contribution in [-0.4, -0.2) is 37.1 Å². The number of carbonyl (C=O) groups excluding carboxylic acids is 1. The summed E-state index contributed by atoms with van der Waals surface area (Å²) < 4.78 is 46.1. The van der Waals surface area contributed by atoms with E-state index in [2.05, 4.69) is 35.7 Å². The minimum Gasteiger partial charge on any atom is -0.369 e. The molecule has 6 rings (SSSR count). The zero-order chi connectivity index (χ0) is 27.1. The second kappa shape index (κ2) is 9.35. The first-order chi connectivity index (χ1) is 18.8. The van der Waals surface area contributed by atoms with Crippen LogP contribution in [0.15, 0.2) is 70.8 Å². The van der Waals surface area contributed by atoms with Gasteiger partial charge in [-0.3, -0.25) is 9.78 Å². The lowest BCUT2D eigenvalue weighted by Crippen LogP contribution is -2.17. The topological polar surface area (TPSA) is 123 Å². The summed E-state index contributed by atoms with van der Waals surface area (Å²) in [6.07, 6.45) is 0.933. The molecule has 3 aromatic rings. The Morgan fingerprint density at radius 2 is 2.00 bits per heavy atom. The lowest BCUT2D eigenvalue weighted by atomic mass is 9.98. The van der Waals surface area contributed by atoms with Crippen LogP contribution in [0, 0.1) is 6.92 Å². The van der Waals surface area contributed by atoms with Crippen molar-refractivity contribution in [2.45, 2.75) is 19.6 Å². The van der Waals surface area contributed by atoms with Crippen LogP contribution in [0.2, 0.25) is 0 Å². The molecule has 0 aliphatic carbocycles. The first-order valence-corrected chi connectivity index (χ1v) is 11.8. The van der Waals surface area contributed by atoms with Crippen LogP contribution in [0.4, 0.5) is 30.4 Å². The number of benzene rings is 1. The number of fused-ring (bicyclic) bond motifs is 3. The van der Waals surface area contributed by atoms with E-state index in [0.717, 1.165) is 46.4 Å². The molecular formula is C26H19F3N8O2. The number of aromatic nitrogens is 5. The van der Waals surface area contributed by atoms with Gasteiger partial charge >= 0.3 is 6.18 Å². The van der Waals surface area contributed by atoms with E-state index in [1.165, 1.54) is 12.5 Å². The van der Waals surface area contributed by atoms with E-state index >= 15 is 0 Å². The molecule has 0 unspecified atom stereocenters. The number of amides is 1. The molecule has 1 aromatic carbocycles. The van der Waals surface area contributed by atoms with Gasteiger partial charge in [-0.05, 0) is 48.4 Å². The Labute approximate surface area is 218 Å². The number of nitrogens with zero attached hydrogens (tertiary/aromatic N) is 6. The predicted octanol–water partition coefficient (Wildman–Crippen LogP) is 4.67. The van der Waals surface area contributed by atoms with E-state index in [1.54, 1.807) is 18.3 Å². The van der Waals surface area contributed by atoms with Gasteiger partial charge in [0.2, 0.25) is 0 Å². The molecule has 3 aliphatic rings. The molecule has 0 radical (unpaired) electrons. The van der Waals surface area contributed by atoms with E-state index in [-0.39, 0.29) is 11.3 Å².